The molecule has 1 aromatic heterocycles. The second-order valence-corrected chi connectivity index (χ2v) is 9.95. The van der Waals surface area contributed by atoms with E-state index >= 15 is 0 Å². The van der Waals surface area contributed by atoms with Gasteiger partial charge in [0.2, 0.25) is 0 Å². The Morgan fingerprint density at radius 3 is 2.22 bits per heavy atom. The van der Waals surface area contributed by atoms with Gasteiger partial charge in [0, 0.05) is 31.2 Å². The molecule has 2 aliphatic rings. The van der Waals surface area contributed by atoms with Crippen molar-refractivity contribution in [2.24, 2.45) is 5.92 Å². The van der Waals surface area contributed by atoms with Gasteiger partial charge in [-0.05, 0) is 50.6 Å². The summed E-state index contributed by atoms with van der Waals surface area (Å²) in [6.45, 7) is 5.25. The topological polar surface area (TPSA) is 86.6 Å². The maximum Gasteiger partial charge on any atom is 0.294 e. The molecule has 32 heavy (non-hydrogen) atoms. The number of benzene rings is 2. The van der Waals surface area contributed by atoms with E-state index in [-0.39, 0.29) is 4.90 Å². The second-order valence-electron chi connectivity index (χ2n) is 8.53. The van der Waals surface area contributed by atoms with E-state index in [4.69, 9.17) is 4.55 Å². The van der Waals surface area contributed by atoms with Crippen LogP contribution in [-0.4, -0.2) is 60.8 Å². The molecule has 7 nitrogen and oxygen atoms in total. The van der Waals surface area contributed by atoms with Crippen molar-refractivity contribution in [3.63, 3.8) is 0 Å². The molecule has 3 aromatic rings. The van der Waals surface area contributed by atoms with Gasteiger partial charge in [-0.2, -0.15) is 8.42 Å². The number of fused-ring (bicyclic) bond motifs is 2. The van der Waals surface area contributed by atoms with E-state index in [1.54, 1.807) is 12.1 Å². The highest BCUT2D eigenvalue weighted by atomic mass is 32.2. The summed E-state index contributed by atoms with van der Waals surface area (Å²) in [7, 11) is -1.79. The van der Waals surface area contributed by atoms with Crippen LogP contribution in [0.2, 0.25) is 0 Å². The van der Waals surface area contributed by atoms with Gasteiger partial charge in [0.05, 0.1) is 10.6 Å². The van der Waals surface area contributed by atoms with E-state index in [1.165, 1.54) is 25.1 Å². The number of piperidine rings is 1. The van der Waals surface area contributed by atoms with Crippen LogP contribution >= 0.6 is 0 Å². The van der Waals surface area contributed by atoms with Crippen molar-refractivity contribution in [3.05, 3.63) is 72.3 Å². The van der Waals surface area contributed by atoms with E-state index in [1.807, 2.05) is 25.1 Å². The average molecular weight is 453 g/mol. The van der Waals surface area contributed by atoms with E-state index in [0.717, 1.165) is 41.6 Å². The highest BCUT2D eigenvalue weighted by Crippen LogP contribution is 2.30. The van der Waals surface area contributed by atoms with Gasteiger partial charge in [-0.1, -0.05) is 48.0 Å². The van der Waals surface area contributed by atoms with Crippen molar-refractivity contribution in [2.75, 3.05) is 31.6 Å². The maximum absolute atomic E-state index is 10.5. The number of hydrogen-bond donors (Lipinski definition) is 1. The fraction of sp³-hybridized carbons (Fsp3) is 0.333. The molecule has 2 aromatic carbocycles. The molecule has 0 amide bonds. The van der Waals surface area contributed by atoms with Crippen molar-refractivity contribution in [1.82, 2.24) is 15.1 Å². The summed E-state index contributed by atoms with van der Waals surface area (Å²) in [6, 6.07) is 21.1. The Labute approximate surface area is 189 Å². The van der Waals surface area contributed by atoms with Crippen molar-refractivity contribution in [2.45, 2.75) is 24.3 Å². The summed E-state index contributed by atoms with van der Waals surface area (Å²) in [5.41, 5.74) is 3.02. The summed E-state index contributed by atoms with van der Waals surface area (Å²) in [6.07, 6.45) is 1.34. The molecule has 0 radical (unpaired) electrons. The van der Waals surface area contributed by atoms with Crippen LogP contribution in [0.3, 0.4) is 0 Å². The van der Waals surface area contributed by atoms with Gasteiger partial charge < -0.3 is 9.80 Å². The van der Waals surface area contributed by atoms with Crippen molar-refractivity contribution >= 4 is 15.9 Å². The van der Waals surface area contributed by atoms with Gasteiger partial charge in [-0.25, -0.2) is 0 Å². The summed E-state index contributed by atoms with van der Waals surface area (Å²) in [5.74, 6) is 1.80. The lowest BCUT2D eigenvalue weighted by molar-refractivity contribution is 0.317. The van der Waals surface area contributed by atoms with Gasteiger partial charge in [0.15, 0.2) is 5.82 Å². The number of aryl methyl sites for hydroxylation is 1. The molecule has 1 N–H and O–H groups in total. The Balaban J connectivity index is 0.000000189. The number of anilines is 1. The number of nitrogens with zero attached hydrogens (tertiary/aromatic N) is 4. The average Bonchev–Trinajstić information content (AvgIpc) is 3.05. The minimum Gasteiger partial charge on any atom is -0.353 e. The molecule has 2 atom stereocenters. The first kappa shape index (κ1) is 22.4. The molecular formula is C24H28N4O3S. The number of aromatic nitrogens is 2. The van der Waals surface area contributed by atoms with Crippen molar-refractivity contribution in [1.29, 1.82) is 0 Å². The SMILES string of the molecule is CN1CC2CC1CN(c1ccc(-c3ccccc3)nn1)C2.Cc1ccc(S(=O)(=O)O)cc1. The second kappa shape index (κ2) is 9.36. The first-order valence-electron chi connectivity index (χ1n) is 10.7. The lowest BCUT2D eigenvalue weighted by Crippen LogP contribution is -2.42. The molecule has 0 saturated carbocycles. The molecule has 0 spiro atoms. The molecule has 2 unspecified atom stereocenters. The number of hydrogen-bond acceptors (Lipinski definition) is 6. The third kappa shape index (κ3) is 5.32. The van der Waals surface area contributed by atoms with Crippen molar-refractivity contribution in [3.8, 4) is 11.3 Å². The van der Waals surface area contributed by atoms with E-state index in [2.05, 4.69) is 51.3 Å². The molecule has 2 bridgehead atoms. The van der Waals surface area contributed by atoms with Crippen LogP contribution in [0.4, 0.5) is 5.82 Å². The Morgan fingerprint density at radius 2 is 1.62 bits per heavy atom. The quantitative estimate of drug-likeness (QED) is 0.609. The van der Waals surface area contributed by atoms with Gasteiger partial charge in [-0.15, -0.1) is 10.2 Å². The lowest BCUT2D eigenvalue weighted by atomic mass is 10.00. The molecule has 168 valence electrons. The molecule has 0 aliphatic carbocycles. The Kier molecular flexibility index (Phi) is 6.55. The van der Waals surface area contributed by atoms with Crippen LogP contribution in [0.5, 0.6) is 0 Å². The van der Waals surface area contributed by atoms with Crippen LogP contribution in [-0.2, 0) is 10.1 Å². The highest BCUT2D eigenvalue weighted by Gasteiger charge is 2.37. The van der Waals surface area contributed by atoms with Crippen LogP contribution in [0.1, 0.15) is 12.0 Å². The van der Waals surface area contributed by atoms with Gasteiger partial charge in [0.25, 0.3) is 10.1 Å². The van der Waals surface area contributed by atoms with Gasteiger partial charge >= 0.3 is 0 Å². The van der Waals surface area contributed by atoms with Crippen molar-refractivity contribution < 1.29 is 13.0 Å². The molecule has 2 saturated heterocycles. The third-order valence-electron chi connectivity index (χ3n) is 6.05. The molecule has 2 aliphatic heterocycles. The standard InChI is InChI=1S/C17H20N4.C7H8O3S/c1-20-10-13-9-15(20)12-21(11-13)17-8-7-16(18-19-17)14-5-3-2-4-6-14;1-6-2-4-7(5-3-6)11(8,9)10/h2-8,13,15H,9-12H2,1H3;2-5H,1H3,(H,8,9,10). The van der Waals surface area contributed by atoms with Crippen LogP contribution in [0.15, 0.2) is 71.6 Å². The number of likely N-dealkylation sites (N-methyl/N-ethyl adjacent to an activating group) is 1. The lowest BCUT2D eigenvalue weighted by Gasteiger charge is -2.32. The smallest absolute Gasteiger partial charge is 0.294 e. The number of rotatable bonds is 3. The highest BCUT2D eigenvalue weighted by molar-refractivity contribution is 7.85. The summed E-state index contributed by atoms with van der Waals surface area (Å²) < 4.78 is 29.6. The zero-order valence-corrected chi connectivity index (χ0v) is 19.1. The monoisotopic (exact) mass is 452 g/mol. The zero-order chi connectivity index (χ0) is 22.7. The Morgan fingerprint density at radius 1 is 0.906 bits per heavy atom. The number of likely N-dealkylation sites (tertiary alicyclic amines) is 1. The predicted octanol–water partition coefficient (Wildman–Crippen LogP) is 3.53. The van der Waals surface area contributed by atoms with Gasteiger partial charge in [0.1, 0.15) is 0 Å². The first-order valence-corrected chi connectivity index (χ1v) is 12.1. The third-order valence-corrected chi connectivity index (χ3v) is 6.92. The summed E-state index contributed by atoms with van der Waals surface area (Å²) in [5, 5.41) is 8.87. The molecule has 8 heteroatoms. The van der Waals surface area contributed by atoms with E-state index < -0.39 is 10.1 Å². The maximum atomic E-state index is 10.5. The predicted molar refractivity (Wildman–Crippen MR) is 125 cm³/mol. The van der Waals surface area contributed by atoms with Gasteiger partial charge in [-0.3, -0.25) is 4.55 Å². The molecule has 3 heterocycles. The normalized spacial score (nSPS) is 20.5. The van der Waals surface area contributed by atoms with Crippen LogP contribution in [0, 0.1) is 12.8 Å². The molecule has 2 fully saturated rings. The molecular weight excluding hydrogens is 424 g/mol. The minimum absolute atomic E-state index is 0.0666. The fourth-order valence-electron chi connectivity index (χ4n) is 4.34. The molecule has 5 rings (SSSR count). The summed E-state index contributed by atoms with van der Waals surface area (Å²) in [4.78, 5) is 4.81. The van der Waals surface area contributed by atoms with Crippen LogP contribution in [0.25, 0.3) is 11.3 Å². The first-order chi connectivity index (χ1) is 15.3. The van der Waals surface area contributed by atoms with E-state index in [0.29, 0.717) is 6.04 Å². The zero-order valence-electron chi connectivity index (χ0n) is 18.3. The minimum atomic E-state index is -4.02. The fourth-order valence-corrected chi connectivity index (χ4v) is 4.82. The Hall–Kier alpha value is -2.81. The summed E-state index contributed by atoms with van der Waals surface area (Å²) >= 11 is 0. The Bertz CT molecular complexity index is 1130. The largest absolute Gasteiger partial charge is 0.353 e. The van der Waals surface area contributed by atoms with Crippen LogP contribution < -0.4 is 4.90 Å². The van der Waals surface area contributed by atoms with E-state index in [9.17, 15) is 8.42 Å².